The van der Waals surface area contributed by atoms with Gasteiger partial charge in [0.05, 0.1) is 0 Å². The Balaban J connectivity index is 2.46. The van der Waals surface area contributed by atoms with Crippen LogP contribution in [0, 0.1) is 5.53 Å². The highest BCUT2D eigenvalue weighted by molar-refractivity contribution is 5.75. The molecule has 0 saturated carbocycles. The number of nitrogens with one attached hydrogen (secondary N) is 1. The molecular weight excluding hydrogens is 176 g/mol. The van der Waals surface area contributed by atoms with E-state index in [4.69, 9.17) is 10.3 Å². The molecule has 2 rings (SSSR count). The first-order valence-corrected chi connectivity index (χ1v) is 4.38. The number of hydrogen-bond donors (Lipinski definition) is 1. The van der Waals surface area contributed by atoms with Crippen molar-refractivity contribution in [3.8, 4) is 0 Å². The smallest absolute Gasteiger partial charge is 0.240 e. The van der Waals surface area contributed by atoms with Gasteiger partial charge in [0.15, 0.2) is 0 Å². The third kappa shape index (κ3) is 1.57. The Morgan fingerprint density at radius 1 is 1.21 bits per heavy atom. The Morgan fingerprint density at radius 2 is 2.00 bits per heavy atom. The number of allylic oxidation sites excluding steroid dienone is 2. The molecule has 0 spiro atoms. The van der Waals surface area contributed by atoms with E-state index in [0.29, 0.717) is 12.5 Å². The average molecular weight is 186 g/mol. The fourth-order valence-corrected chi connectivity index (χ4v) is 1.37. The van der Waals surface area contributed by atoms with Gasteiger partial charge in [0, 0.05) is 5.57 Å². The summed E-state index contributed by atoms with van der Waals surface area (Å²) in [7, 11) is 0. The van der Waals surface area contributed by atoms with E-state index >= 15 is 0 Å². The van der Waals surface area contributed by atoms with Crippen molar-refractivity contribution in [2.45, 2.75) is 0 Å². The number of nitrogens with zero attached hydrogens (tertiary/aromatic N) is 1. The number of hydrogen-bond acceptors (Lipinski definition) is 3. The lowest BCUT2D eigenvalue weighted by molar-refractivity contribution is 0.239. The molecule has 0 atom stereocenters. The molecule has 0 unspecified atom stereocenters. The number of benzene rings is 1. The summed E-state index contributed by atoms with van der Waals surface area (Å²) in [5.41, 5.74) is 8.88. The van der Waals surface area contributed by atoms with Gasteiger partial charge in [-0.1, -0.05) is 30.3 Å². The Hall–Kier alpha value is -1.90. The van der Waals surface area contributed by atoms with Crippen LogP contribution in [0.3, 0.4) is 0 Å². The standard InChI is InChI=1S/C11H10N2O/c12-13-11-10(7-4-8-14-11)9-5-2-1-3-6-9/h1-7,12H,8H2. The quantitative estimate of drug-likeness (QED) is 0.709. The Labute approximate surface area is 82.2 Å². The van der Waals surface area contributed by atoms with Crippen LogP contribution in [0.1, 0.15) is 5.56 Å². The van der Waals surface area contributed by atoms with Crippen LogP contribution < -0.4 is 0 Å². The van der Waals surface area contributed by atoms with Crippen molar-refractivity contribution in [2.24, 2.45) is 5.11 Å². The van der Waals surface area contributed by atoms with Crippen LogP contribution in [0.25, 0.3) is 5.57 Å². The van der Waals surface area contributed by atoms with Gasteiger partial charge < -0.3 is 4.74 Å². The second kappa shape index (κ2) is 3.87. The second-order valence-corrected chi connectivity index (χ2v) is 2.91. The Bertz CT molecular complexity index is 393. The maximum atomic E-state index is 6.99. The van der Waals surface area contributed by atoms with Gasteiger partial charge in [-0.25, -0.2) is 5.53 Å². The highest BCUT2D eigenvalue weighted by Gasteiger charge is 2.10. The monoisotopic (exact) mass is 186 g/mol. The minimum Gasteiger partial charge on any atom is -0.472 e. The van der Waals surface area contributed by atoms with E-state index in [0.717, 1.165) is 11.1 Å². The van der Waals surface area contributed by atoms with Gasteiger partial charge in [0.25, 0.3) is 0 Å². The van der Waals surface area contributed by atoms with Crippen LogP contribution in [0.4, 0.5) is 0 Å². The van der Waals surface area contributed by atoms with Gasteiger partial charge >= 0.3 is 0 Å². The number of rotatable bonds is 2. The van der Waals surface area contributed by atoms with E-state index in [1.165, 1.54) is 0 Å². The molecule has 0 amide bonds. The zero-order valence-electron chi connectivity index (χ0n) is 7.60. The van der Waals surface area contributed by atoms with Crippen LogP contribution >= 0.6 is 0 Å². The molecule has 1 aromatic carbocycles. The molecule has 0 aromatic heterocycles. The van der Waals surface area contributed by atoms with Gasteiger partial charge in [-0.05, 0) is 17.7 Å². The SMILES string of the molecule is N=NC1=C(c2ccccc2)C=CCO1. The van der Waals surface area contributed by atoms with Gasteiger partial charge in [0.1, 0.15) is 6.61 Å². The lowest BCUT2D eigenvalue weighted by Crippen LogP contribution is -1.98. The fourth-order valence-electron chi connectivity index (χ4n) is 1.37. The maximum Gasteiger partial charge on any atom is 0.240 e. The minimum absolute atomic E-state index is 0.388. The second-order valence-electron chi connectivity index (χ2n) is 2.91. The summed E-state index contributed by atoms with van der Waals surface area (Å²) in [5, 5.41) is 3.36. The van der Waals surface area contributed by atoms with Crippen molar-refractivity contribution < 1.29 is 4.74 Å². The van der Waals surface area contributed by atoms with Crippen LogP contribution in [-0.2, 0) is 4.74 Å². The van der Waals surface area contributed by atoms with E-state index in [9.17, 15) is 0 Å². The normalized spacial score (nSPS) is 15.1. The summed E-state index contributed by atoms with van der Waals surface area (Å²) >= 11 is 0. The topological polar surface area (TPSA) is 45.4 Å². The molecule has 0 radical (unpaired) electrons. The maximum absolute atomic E-state index is 6.99. The van der Waals surface area contributed by atoms with Crippen molar-refractivity contribution in [3.63, 3.8) is 0 Å². The van der Waals surface area contributed by atoms with Crippen LogP contribution in [0.5, 0.6) is 0 Å². The molecule has 1 aromatic rings. The first-order chi connectivity index (χ1) is 6.92. The van der Waals surface area contributed by atoms with Crippen molar-refractivity contribution in [1.29, 1.82) is 5.53 Å². The van der Waals surface area contributed by atoms with E-state index in [-0.39, 0.29) is 0 Å². The molecule has 1 N–H and O–H groups in total. The summed E-state index contributed by atoms with van der Waals surface area (Å²) in [6, 6.07) is 9.80. The average Bonchev–Trinajstić information content (AvgIpc) is 2.30. The molecule has 70 valence electrons. The van der Waals surface area contributed by atoms with Gasteiger partial charge in [-0.15, -0.1) is 5.11 Å². The van der Waals surface area contributed by atoms with Crippen LogP contribution in [0.15, 0.2) is 53.5 Å². The largest absolute Gasteiger partial charge is 0.472 e. The third-order valence-corrected chi connectivity index (χ3v) is 2.02. The van der Waals surface area contributed by atoms with E-state index in [1.807, 2.05) is 42.5 Å². The fraction of sp³-hybridized carbons (Fsp3) is 0.0909. The van der Waals surface area contributed by atoms with E-state index < -0.39 is 0 Å². The highest BCUT2D eigenvalue weighted by Crippen LogP contribution is 2.24. The van der Waals surface area contributed by atoms with E-state index in [1.54, 1.807) is 0 Å². The number of ether oxygens (including phenoxy) is 1. The lowest BCUT2D eigenvalue weighted by atomic mass is 10.1. The summed E-state index contributed by atoms with van der Waals surface area (Å²) in [4.78, 5) is 0. The molecule has 14 heavy (non-hydrogen) atoms. The summed E-state index contributed by atoms with van der Waals surface area (Å²) in [6.45, 7) is 0.494. The molecule has 1 heterocycles. The lowest BCUT2D eigenvalue weighted by Gasteiger charge is -2.12. The van der Waals surface area contributed by atoms with Crippen LogP contribution in [-0.4, -0.2) is 6.61 Å². The van der Waals surface area contributed by atoms with Crippen molar-refractivity contribution in [1.82, 2.24) is 0 Å². The minimum atomic E-state index is 0.388. The summed E-state index contributed by atoms with van der Waals surface area (Å²) < 4.78 is 5.23. The molecule has 3 heteroatoms. The Kier molecular flexibility index (Phi) is 2.40. The predicted molar refractivity (Wildman–Crippen MR) is 53.6 cm³/mol. The van der Waals surface area contributed by atoms with Crippen molar-refractivity contribution in [2.75, 3.05) is 6.61 Å². The predicted octanol–water partition coefficient (Wildman–Crippen LogP) is 2.97. The van der Waals surface area contributed by atoms with E-state index in [2.05, 4.69) is 5.11 Å². The molecule has 0 bridgehead atoms. The first kappa shape index (κ1) is 8.69. The van der Waals surface area contributed by atoms with Crippen molar-refractivity contribution in [3.05, 3.63) is 53.9 Å². The van der Waals surface area contributed by atoms with Crippen molar-refractivity contribution >= 4 is 5.57 Å². The molecule has 0 saturated heterocycles. The molecule has 1 aliphatic rings. The molecule has 3 nitrogen and oxygen atoms in total. The molecular formula is C11H10N2O. The highest BCUT2D eigenvalue weighted by atomic mass is 16.5. The molecule has 1 aliphatic heterocycles. The zero-order chi connectivity index (χ0) is 9.80. The van der Waals surface area contributed by atoms with Gasteiger partial charge in [-0.3, -0.25) is 0 Å². The molecule has 0 aliphatic carbocycles. The Morgan fingerprint density at radius 3 is 2.71 bits per heavy atom. The molecule has 0 fully saturated rings. The summed E-state index contributed by atoms with van der Waals surface area (Å²) in [6.07, 6.45) is 3.85. The third-order valence-electron chi connectivity index (χ3n) is 2.02. The van der Waals surface area contributed by atoms with Gasteiger partial charge in [0.2, 0.25) is 5.88 Å². The van der Waals surface area contributed by atoms with Crippen LogP contribution in [0.2, 0.25) is 0 Å². The zero-order valence-corrected chi connectivity index (χ0v) is 7.60. The van der Waals surface area contributed by atoms with Gasteiger partial charge in [-0.2, -0.15) is 0 Å². The summed E-state index contributed by atoms with van der Waals surface area (Å²) in [5.74, 6) is 0.388. The first-order valence-electron chi connectivity index (χ1n) is 4.38.